The molecule has 0 saturated carbocycles. The minimum absolute atomic E-state index is 0.273. The zero-order valence-corrected chi connectivity index (χ0v) is 12.0. The SMILES string of the molecule is C(/C1=NCCN1)=C(/c1ccc2c(c1)OCO2)c1ccccn1. The predicted octanol–water partition coefficient (Wildman–Crippen LogP) is 2.24. The van der Waals surface area contributed by atoms with Gasteiger partial charge in [-0.2, -0.15) is 0 Å². The average molecular weight is 293 g/mol. The van der Waals surface area contributed by atoms with Crippen molar-refractivity contribution in [2.24, 2.45) is 4.99 Å². The molecule has 0 amide bonds. The Kier molecular flexibility index (Phi) is 3.23. The number of benzene rings is 1. The molecule has 0 atom stereocenters. The first kappa shape index (κ1) is 12.9. The third-order valence-corrected chi connectivity index (χ3v) is 3.61. The summed E-state index contributed by atoms with van der Waals surface area (Å²) in [6.45, 7) is 1.96. The van der Waals surface area contributed by atoms with E-state index >= 15 is 0 Å². The van der Waals surface area contributed by atoms with Crippen molar-refractivity contribution in [1.29, 1.82) is 0 Å². The van der Waals surface area contributed by atoms with Crippen molar-refractivity contribution in [2.75, 3.05) is 19.9 Å². The molecule has 0 unspecified atom stereocenters. The Morgan fingerprint density at radius 2 is 2.09 bits per heavy atom. The van der Waals surface area contributed by atoms with Gasteiger partial charge in [0.1, 0.15) is 5.84 Å². The normalized spacial score (nSPS) is 16.4. The third kappa shape index (κ3) is 2.41. The summed E-state index contributed by atoms with van der Waals surface area (Å²) in [6.07, 6.45) is 3.83. The Labute approximate surface area is 128 Å². The molecule has 110 valence electrons. The average Bonchev–Trinajstić information content (AvgIpc) is 3.24. The van der Waals surface area contributed by atoms with E-state index in [1.807, 2.05) is 42.5 Å². The minimum atomic E-state index is 0.273. The van der Waals surface area contributed by atoms with E-state index in [1.165, 1.54) is 0 Å². The van der Waals surface area contributed by atoms with E-state index < -0.39 is 0 Å². The van der Waals surface area contributed by atoms with Crippen LogP contribution in [-0.2, 0) is 0 Å². The van der Waals surface area contributed by atoms with Gasteiger partial charge in [-0.3, -0.25) is 9.98 Å². The molecule has 0 saturated heterocycles. The summed E-state index contributed by atoms with van der Waals surface area (Å²) in [5.74, 6) is 2.43. The second kappa shape index (κ2) is 5.52. The van der Waals surface area contributed by atoms with Gasteiger partial charge in [-0.25, -0.2) is 0 Å². The van der Waals surface area contributed by atoms with Gasteiger partial charge in [0.15, 0.2) is 11.5 Å². The Morgan fingerprint density at radius 1 is 1.14 bits per heavy atom. The van der Waals surface area contributed by atoms with Gasteiger partial charge in [0.2, 0.25) is 6.79 Å². The Morgan fingerprint density at radius 3 is 2.91 bits per heavy atom. The molecule has 2 aliphatic rings. The van der Waals surface area contributed by atoms with Crippen LogP contribution in [-0.4, -0.2) is 30.7 Å². The van der Waals surface area contributed by atoms with Gasteiger partial charge >= 0.3 is 0 Å². The van der Waals surface area contributed by atoms with Gasteiger partial charge in [-0.15, -0.1) is 0 Å². The molecule has 0 bridgehead atoms. The van der Waals surface area contributed by atoms with Crippen molar-refractivity contribution in [3.05, 3.63) is 59.9 Å². The van der Waals surface area contributed by atoms with E-state index in [1.54, 1.807) is 6.20 Å². The van der Waals surface area contributed by atoms with Gasteiger partial charge in [0, 0.05) is 18.3 Å². The minimum Gasteiger partial charge on any atom is -0.454 e. The molecule has 5 nitrogen and oxygen atoms in total. The number of nitrogens with one attached hydrogen (secondary N) is 1. The van der Waals surface area contributed by atoms with Crippen molar-refractivity contribution in [3.63, 3.8) is 0 Å². The molecule has 1 N–H and O–H groups in total. The maximum Gasteiger partial charge on any atom is 0.231 e. The van der Waals surface area contributed by atoms with Crippen LogP contribution in [0.25, 0.3) is 5.57 Å². The Hall–Kier alpha value is -2.82. The summed E-state index contributed by atoms with van der Waals surface area (Å²) < 4.78 is 10.9. The van der Waals surface area contributed by atoms with Gasteiger partial charge in [-0.1, -0.05) is 12.1 Å². The highest BCUT2D eigenvalue weighted by atomic mass is 16.7. The molecule has 1 aromatic heterocycles. The largest absolute Gasteiger partial charge is 0.454 e. The molecular formula is C17H15N3O2. The predicted molar refractivity (Wildman–Crippen MR) is 84.2 cm³/mol. The fraction of sp³-hybridized carbons (Fsp3) is 0.176. The maximum absolute atomic E-state index is 5.48. The van der Waals surface area contributed by atoms with Crippen LogP contribution < -0.4 is 14.8 Å². The topological polar surface area (TPSA) is 55.7 Å². The highest BCUT2D eigenvalue weighted by Crippen LogP contribution is 2.35. The monoisotopic (exact) mass is 293 g/mol. The number of rotatable bonds is 3. The smallest absolute Gasteiger partial charge is 0.231 e. The van der Waals surface area contributed by atoms with Gasteiger partial charge in [-0.05, 0) is 35.9 Å². The summed E-state index contributed by atoms with van der Waals surface area (Å²) in [4.78, 5) is 8.91. The zero-order valence-electron chi connectivity index (χ0n) is 12.0. The van der Waals surface area contributed by atoms with Crippen LogP contribution >= 0.6 is 0 Å². The number of fused-ring (bicyclic) bond motifs is 1. The van der Waals surface area contributed by atoms with E-state index in [9.17, 15) is 0 Å². The lowest BCUT2D eigenvalue weighted by Crippen LogP contribution is -2.16. The molecule has 2 aliphatic heterocycles. The number of nitrogens with zero attached hydrogens (tertiary/aromatic N) is 2. The van der Waals surface area contributed by atoms with Crippen LogP contribution in [0.3, 0.4) is 0 Å². The van der Waals surface area contributed by atoms with Crippen LogP contribution in [0, 0.1) is 0 Å². The number of pyridine rings is 1. The summed E-state index contributed by atoms with van der Waals surface area (Å²) in [5.41, 5.74) is 2.93. The maximum atomic E-state index is 5.48. The van der Waals surface area contributed by atoms with E-state index in [2.05, 4.69) is 15.3 Å². The number of hydrogen-bond acceptors (Lipinski definition) is 5. The molecule has 1 aromatic carbocycles. The molecule has 2 aromatic rings. The van der Waals surface area contributed by atoms with Gasteiger partial charge < -0.3 is 14.8 Å². The molecule has 0 fully saturated rings. The van der Waals surface area contributed by atoms with Crippen LogP contribution in [0.15, 0.2) is 53.7 Å². The molecule has 0 aliphatic carbocycles. The summed E-state index contributed by atoms with van der Waals surface area (Å²) in [6, 6.07) is 11.8. The number of amidine groups is 1. The van der Waals surface area contributed by atoms with Crippen molar-refractivity contribution >= 4 is 11.4 Å². The molecular weight excluding hydrogens is 278 g/mol. The van der Waals surface area contributed by atoms with E-state index in [4.69, 9.17) is 9.47 Å². The quantitative estimate of drug-likeness (QED) is 0.943. The summed E-state index contributed by atoms with van der Waals surface area (Å²) in [7, 11) is 0. The molecule has 5 heteroatoms. The second-order valence-electron chi connectivity index (χ2n) is 5.03. The molecule has 0 radical (unpaired) electrons. The number of hydrogen-bond donors (Lipinski definition) is 1. The highest BCUT2D eigenvalue weighted by Gasteiger charge is 2.16. The second-order valence-corrected chi connectivity index (χ2v) is 5.03. The lowest BCUT2D eigenvalue weighted by Gasteiger charge is -2.09. The molecule has 0 spiro atoms. The van der Waals surface area contributed by atoms with Crippen LogP contribution in [0.5, 0.6) is 11.5 Å². The highest BCUT2D eigenvalue weighted by molar-refractivity contribution is 6.02. The van der Waals surface area contributed by atoms with Crippen LogP contribution in [0.1, 0.15) is 11.3 Å². The van der Waals surface area contributed by atoms with Crippen molar-refractivity contribution in [1.82, 2.24) is 10.3 Å². The lowest BCUT2D eigenvalue weighted by atomic mass is 10.0. The first-order valence-corrected chi connectivity index (χ1v) is 7.21. The number of aromatic nitrogens is 1. The molecule has 3 heterocycles. The van der Waals surface area contributed by atoms with E-state index in [-0.39, 0.29) is 6.79 Å². The standard InChI is InChI=1S/C17H15N3O2/c1-2-6-18-14(3-1)13(10-17-19-7-8-20-17)12-4-5-15-16(9-12)22-11-21-15/h1-6,9-10H,7-8,11H2,(H,19,20)/b13-10+. The lowest BCUT2D eigenvalue weighted by molar-refractivity contribution is 0.174. The van der Waals surface area contributed by atoms with Crippen LogP contribution in [0.2, 0.25) is 0 Å². The Balaban J connectivity index is 1.80. The fourth-order valence-electron chi connectivity index (χ4n) is 2.54. The van der Waals surface area contributed by atoms with Crippen molar-refractivity contribution in [2.45, 2.75) is 0 Å². The Bertz CT molecular complexity index is 754. The number of ether oxygens (including phenoxy) is 2. The first-order chi connectivity index (χ1) is 10.9. The fourth-order valence-corrected chi connectivity index (χ4v) is 2.54. The van der Waals surface area contributed by atoms with Crippen LogP contribution in [0.4, 0.5) is 0 Å². The van der Waals surface area contributed by atoms with Gasteiger partial charge in [0.05, 0.1) is 12.2 Å². The number of aliphatic imine (C=N–C) groups is 1. The summed E-state index contributed by atoms with van der Waals surface area (Å²) in [5, 5.41) is 3.27. The zero-order chi connectivity index (χ0) is 14.8. The molecule has 4 rings (SSSR count). The third-order valence-electron chi connectivity index (χ3n) is 3.61. The van der Waals surface area contributed by atoms with E-state index in [0.29, 0.717) is 0 Å². The van der Waals surface area contributed by atoms with E-state index in [0.717, 1.165) is 47.3 Å². The molecule has 22 heavy (non-hydrogen) atoms. The summed E-state index contributed by atoms with van der Waals surface area (Å²) >= 11 is 0. The van der Waals surface area contributed by atoms with Gasteiger partial charge in [0.25, 0.3) is 0 Å². The van der Waals surface area contributed by atoms with Crippen molar-refractivity contribution < 1.29 is 9.47 Å². The van der Waals surface area contributed by atoms with Crippen molar-refractivity contribution in [3.8, 4) is 11.5 Å². The first-order valence-electron chi connectivity index (χ1n) is 7.21.